The van der Waals surface area contributed by atoms with E-state index in [1.165, 1.54) is 0 Å². The Bertz CT molecular complexity index is 219. The van der Waals surface area contributed by atoms with Gasteiger partial charge in [0.1, 0.15) is 6.04 Å². The van der Waals surface area contributed by atoms with E-state index in [2.05, 4.69) is 16.4 Å². The van der Waals surface area contributed by atoms with E-state index >= 15 is 0 Å². The van der Waals surface area contributed by atoms with Crippen LogP contribution in [0.5, 0.6) is 0 Å². The molecule has 0 aliphatic carbocycles. The van der Waals surface area contributed by atoms with Gasteiger partial charge in [-0.25, -0.2) is 0 Å². The van der Waals surface area contributed by atoms with Crippen LogP contribution in [-0.4, -0.2) is 42.2 Å². The average Bonchev–Trinajstić information content (AvgIpc) is 2.17. The molecule has 0 saturated carbocycles. The van der Waals surface area contributed by atoms with E-state index in [9.17, 15) is 9.59 Å². The molecule has 6 heteroatoms. The number of carbonyl (C=O) groups is 2. The van der Waals surface area contributed by atoms with Crippen molar-refractivity contribution in [3.05, 3.63) is 0 Å². The lowest BCUT2D eigenvalue weighted by atomic mass is 10.2. The molecule has 88 valence electrons. The number of aliphatic hydroxyl groups excluding tert-OH is 1. The molecule has 0 bridgehead atoms. The van der Waals surface area contributed by atoms with E-state index in [0.29, 0.717) is 13.0 Å². The molecule has 0 heterocycles. The minimum atomic E-state index is -0.569. The van der Waals surface area contributed by atoms with Crippen molar-refractivity contribution >= 4 is 11.8 Å². The van der Waals surface area contributed by atoms with Crippen LogP contribution in [0.2, 0.25) is 0 Å². The third-order valence-corrected chi connectivity index (χ3v) is 1.83. The fourth-order valence-electron chi connectivity index (χ4n) is 0.865. The summed E-state index contributed by atoms with van der Waals surface area (Å²) in [6, 6.07) is -0.946. The first kappa shape index (κ1) is 13.9. The molecule has 0 aliphatic heterocycles. The quantitative estimate of drug-likeness (QED) is 0.374. The third kappa shape index (κ3) is 6.03. The highest BCUT2D eigenvalue weighted by atomic mass is 16.3. The summed E-state index contributed by atoms with van der Waals surface area (Å²) in [6.07, 6.45) is 0.512. The lowest BCUT2D eigenvalue weighted by molar-refractivity contribution is -0.398. The number of amides is 2. The second-order valence-electron chi connectivity index (χ2n) is 3.50. The first-order valence-corrected chi connectivity index (χ1v) is 5.01. The topological polar surface area (TPSA) is 106 Å². The summed E-state index contributed by atoms with van der Waals surface area (Å²) in [5.74, 6) is -0.503. The van der Waals surface area contributed by atoms with Crippen LogP contribution >= 0.6 is 0 Å². The van der Waals surface area contributed by atoms with E-state index in [4.69, 9.17) is 5.11 Å². The zero-order valence-electron chi connectivity index (χ0n) is 9.25. The van der Waals surface area contributed by atoms with Crippen molar-refractivity contribution in [2.45, 2.75) is 32.4 Å². The van der Waals surface area contributed by atoms with Crippen LogP contribution in [0.4, 0.5) is 0 Å². The maximum atomic E-state index is 11.3. The first-order chi connectivity index (χ1) is 6.99. The summed E-state index contributed by atoms with van der Waals surface area (Å²) in [6.45, 7) is 3.71. The molecule has 6 N–H and O–H groups in total. The number of hydrogen-bond donors (Lipinski definition) is 4. The normalized spacial score (nSPS) is 14.1. The Balaban J connectivity index is 3.83. The molecule has 2 amide bonds. The zero-order valence-corrected chi connectivity index (χ0v) is 9.25. The smallest absolute Gasteiger partial charge is 0.278 e. The Morgan fingerprint density at radius 1 is 1.33 bits per heavy atom. The van der Waals surface area contributed by atoms with Crippen molar-refractivity contribution < 1.29 is 20.4 Å². The molecule has 6 nitrogen and oxygen atoms in total. The van der Waals surface area contributed by atoms with Crippen molar-refractivity contribution in [2.24, 2.45) is 0 Å². The molecule has 0 spiro atoms. The third-order valence-electron chi connectivity index (χ3n) is 1.83. The highest BCUT2D eigenvalue weighted by Gasteiger charge is 2.18. The van der Waals surface area contributed by atoms with Gasteiger partial charge >= 0.3 is 0 Å². The van der Waals surface area contributed by atoms with E-state index in [0.717, 1.165) is 0 Å². The number of aliphatic hydroxyl groups is 1. The Morgan fingerprint density at radius 3 is 2.40 bits per heavy atom. The number of rotatable bonds is 6. The molecule has 2 atom stereocenters. The van der Waals surface area contributed by atoms with Crippen molar-refractivity contribution in [3.8, 4) is 0 Å². The maximum Gasteiger partial charge on any atom is 0.278 e. The number of quaternary nitrogens is 1. The van der Waals surface area contributed by atoms with Gasteiger partial charge in [-0.15, -0.1) is 0 Å². The second kappa shape index (κ2) is 7.19. The lowest BCUT2D eigenvalue weighted by Gasteiger charge is -2.14. The molecule has 0 radical (unpaired) electrons. The Kier molecular flexibility index (Phi) is 6.64. The number of hydrogen-bond acceptors (Lipinski definition) is 3. The molecular formula is C9H20N3O3+. The summed E-state index contributed by atoms with van der Waals surface area (Å²) in [4.78, 5) is 22.5. The van der Waals surface area contributed by atoms with E-state index in [1.807, 2.05) is 0 Å². The minimum Gasteiger partial charge on any atom is -0.396 e. The van der Waals surface area contributed by atoms with Gasteiger partial charge in [-0.3, -0.25) is 9.59 Å². The molecule has 0 saturated heterocycles. The van der Waals surface area contributed by atoms with Gasteiger partial charge < -0.3 is 21.5 Å². The van der Waals surface area contributed by atoms with Crippen LogP contribution in [0.15, 0.2) is 0 Å². The Hall–Kier alpha value is -1.14. The monoisotopic (exact) mass is 218 g/mol. The molecule has 0 fully saturated rings. The number of carbonyl (C=O) groups excluding carboxylic acids is 2. The highest BCUT2D eigenvalue weighted by Crippen LogP contribution is 1.84. The molecule has 0 aromatic heterocycles. The summed E-state index contributed by atoms with van der Waals surface area (Å²) in [5, 5.41) is 13.6. The molecule has 15 heavy (non-hydrogen) atoms. The van der Waals surface area contributed by atoms with Crippen molar-refractivity contribution in [1.29, 1.82) is 0 Å². The van der Waals surface area contributed by atoms with Gasteiger partial charge in [-0.1, -0.05) is 0 Å². The van der Waals surface area contributed by atoms with Gasteiger partial charge in [0.05, 0.1) is 0 Å². The molecule has 0 aromatic carbocycles. The van der Waals surface area contributed by atoms with E-state index in [-0.39, 0.29) is 24.5 Å². The van der Waals surface area contributed by atoms with Crippen molar-refractivity contribution in [3.63, 3.8) is 0 Å². The fourth-order valence-corrected chi connectivity index (χ4v) is 0.865. The van der Waals surface area contributed by atoms with Crippen LogP contribution in [-0.2, 0) is 9.59 Å². The van der Waals surface area contributed by atoms with Crippen LogP contribution < -0.4 is 16.4 Å². The lowest BCUT2D eigenvalue weighted by Crippen LogP contribution is -2.67. The maximum absolute atomic E-state index is 11.3. The van der Waals surface area contributed by atoms with Gasteiger partial charge in [0.25, 0.3) is 5.91 Å². The molecular weight excluding hydrogens is 198 g/mol. The predicted molar refractivity (Wildman–Crippen MR) is 54.7 cm³/mol. The summed E-state index contributed by atoms with van der Waals surface area (Å²) in [5.41, 5.74) is 3.55. The molecule has 0 rings (SSSR count). The predicted octanol–water partition coefficient (Wildman–Crippen LogP) is -2.38. The van der Waals surface area contributed by atoms with Gasteiger partial charge in [0.2, 0.25) is 5.91 Å². The van der Waals surface area contributed by atoms with Gasteiger partial charge in [-0.2, -0.15) is 0 Å². The van der Waals surface area contributed by atoms with Crippen molar-refractivity contribution in [1.82, 2.24) is 10.6 Å². The van der Waals surface area contributed by atoms with Crippen LogP contribution in [0.3, 0.4) is 0 Å². The zero-order chi connectivity index (χ0) is 11.8. The Labute approximate surface area is 89.2 Å². The molecule has 0 aromatic rings. The molecule has 0 unspecified atom stereocenters. The van der Waals surface area contributed by atoms with Crippen LogP contribution in [0.25, 0.3) is 0 Å². The summed E-state index contributed by atoms with van der Waals surface area (Å²) >= 11 is 0. The first-order valence-electron chi connectivity index (χ1n) is 5.01. The van der Waals surface area contributed by atoms with E-state index < -0.39 is 6.04 Å². The highest BCUT2D eigenvalue weighted by molar-refractivity contribution is 5.88. The van der Waals surface area contributed by atoms with Crippen molar-refractivity contribution in [2.75, 3.05) is 13.2 Å². The van der Waals surface area contributed by atoms with Gasteiger partial charge in [0.15, 0.2) is 6.04 Å². The SMILES string of the molecule is C[C@H]([NH3+])C(=O)N[C@@H](C)C(=O)NCCCO. The van der Waals surface area contributed by atoms with Crippen LogP contribution in [0.1, 0.15) is 20.3 Å². The average molecular weight is 218 g/mol. The standard InChI is InChI=1S/C9H19N3O3/c1-6(10)8(14)12-7(2)9(15)11-4-3-5-13/h6-7,13H,3-5,10H2,1-2H3,(H,11,15)(H,12,14)/p+1/t6-,7-/m0/s1. The largest absolute Gasteiger partial charge is 0.396 e. The molecule has 0 aliphatic rings. The van der Waals surface area contributed by atoms with Crippen LogP contribution in [0, 0.1) is 0 Å². The van der Waals surface area contributed by atoms with Gasteiger partial charge in [0, 0.05) is 13.2 Å². The van der Waals surface area contributed by atoms with E-state index in [1.54, 1.807) is 13.8 Å². The summed E-state index contributed by atoms with van der Waals surface area (Å²) in [7, 11) is 0. The second-order valence-corrected chi connectivity index (χ2v) is 3.50. The van der Waals surface area contributed by atoms with Gasteiger partial charge in [-0.05, 0) is 20.3 Å². The fraction of sp³-hybridized carbons (Fsp3) is 0.778. The summed E-state index contributed by atoms with van der Waals surface area (Å²) < 4.78 is 0. The number of nitrogens with one attached hydrogen (secondary N) is 2. The minimum absolute atomic E-state index is 0.0386. The Morgan fingerprint density at radius 2 is 1.93 bits per heavy atom.